The van der Waals surface area contributed by atoms with Crippen LogP contribution in [-0.2, 0) is 6.54 Å². The third kappa shape index (κ3) is 3.71. The van der Waals surface area contributed by atoms with E-state index in [1.165, 1.54) is 23.8 Å². The third-order valence-electron chi connectivity index (χ3n) is 4.34. The van der Waals surface area contributed by atoms with Gasteiger partial charge in [-0.05, 0) is 31.5 Å². The second kappa shape index (κ2) is 7.23. The second-order valence-electron chi connectivity index (χ2n) is 6.09. The number of hydrogen-bond acceptors (Lipinski definition) is 5. The first kappa shape index (κ1) is 16.8. The van der Waals surface area contributed by atoms with E-state index in [-0.39, 0.29) is 11.7 Å². The normalized spacial score (nSPS) is 15.5. The van der Waals surface area contributed by atoms with Gasteiger partial charge in [-0.3, -0.25) is 19.5 Å². The topological polar surface area (TPSA) is 53.5 Å². The summed E-state index contributed by atoms with van der Waals surface area (Å²) in [5.41, 5.74) is 2.92. The molecule has 1 fully saturated rings. The minimum atomic E-state index is 0.00889. The van der Waals surface area contributed by atoms with Crippen molar-refractivity contribution in [3.63, 3.8) is 0 Å². The Bertz CT molecular complexity index is 748. The van der Waals surface area contributed by atoms with Crippen LogP contribution in [0.3, 0.4) is 0 Å². The molecule has 1 aliphatic rings. The van der Waals surface area contributed by atoms with E-state index >= 15 is 0 Å². The predicted molar refractivity (Wildman–Crippen MR) is 94.5 cm³/mol. The number of aromatic nitrogens is 1. The predicted octanol–water partition coefficient (Wildman–Crippen LogP) is 2.61. The number of thiophene rings is 1. The Balaban J connectivity index is 1.57. The number of Topliss-reactive ketones (excluding diaryl/α,β-unsaturated/α-hetero) is 1. The largest absolute Gasteiger partial charge is 0.336 e. The Morgan fingerprint density at radius 1 is 1.25 bits per heavy atom. The Labute approximate surface area is 145 Å². The molecular formula is C18H21N3O2S. The number of aryl methyl sites for hydroxylation is 1. The van der Waals surface area contributed by atoms with Crippen LogP contribution in [0.1, 0.15) is 38.2 Å². The molecule has 3 rings (SSSR count). The molecule has 5 nitrogen and oxygen atoms in total. The van der Waals surface area contributed by atoms with Gasteiger partial charge in [0.25, 0.3) is 5.91 Å². The zero-order chi connectivity index (χ0) is 17.1. The molecule has 0 radical (unpaired) electrons. The maximum Gasteiger partial charge on any atom is 0.254 e. The fourth-order valence-electron chi connectivity index (χ4n) is 2.82. The fourth-order valence-corrected chi connectivity index (χ4v) is 3.60. The molecule has 2 aromatic rings. The van der Waals surface area contributed by atoms with E-state index < -0.39 is 0 Å². The van der Waals surface area contributed by atoms with Crippen molar-refractivity contribution < 1.29 is 9.59 Å². The van der Waals surface area contributed by atoms with Crippen LogP contribution in [0.2, 0.25) is 0 Å². The van der Waals surface area contributed by atoms with Gasteiger partial charge in [0.05, 0.1) is 16.1 Å². The maximum atomic E-state index is 12.5. The van der Waals surface area contributed by atoms with Crippen LogP contribution in [0.15, 0.2) is 29.8 Å². The number of ketones is 1. The first-order valence-corrected chi connectivity index (χ1v) is 8.94. The highest BCUT2D eigenvalue weighted by Gasteiger charge is 2.23. The molecular weight excluding hydrogens is 322 g/mol. The number of carbonyl (C=O) groups is 2. The van der Waals surface area contributed by atoms with Gasteiger partial charge in [0, 0.05) is 44.3 Å². The molecule has 1 amide bonds. The fraction of sp³-hybridized carbons (Fsp3) is 0.389. The Kier molecular flexibility index (Phi) is 5.06. The summed E-state index contributed by atoms with van der Waals surface area (Å²) in [7, 11) is 0. The average molecular weight is 343 g/mol. The highest BCUT2D eigenvalue weighted by atomic mass is 32.1. The van der Waals surface area contributed by atoms with Gasteiger partial charge in [-0.15, -0.1) is 11.3 Å². The summed E-state index contributed by atoms with van der Waals surface area (Å²) in [5, 5.41) is 1.78. The number of rotatable bonds is 4. The van der Waals surface area contributed by atoms with E-state index in [1.54, 1.807) is 11.4 Å². The van der Waals surface area contributed by atoms with Crippen LogP contribution >= 0.6 is 11.3 Å². The molecule has 126 valence electrons. The van der Waals surface area contributed by atoms with E-state index in [9.17, 15) is 9.59 Å². The van der Waals surface area contributed by atoms with Gasteiger partial charge in [-0.2, -0.15) is 0 Å². The van der Waals surface area contributed by atoms with Gasteiger partial charge in [-0.1, -0.05) is 6.07 Å². The first-order valence-electron chi connectivity index (χ1n) is 8.06. The van der Waals surface area contributed by atoms with E-state index in [4.69, 9.17) is 0 Å². The standard InChI is InChI=1S/C18H21N3O2S/c1-13-4-3-5-19-16(13)11-20-6-8-21(9-7-20)18(23)15-10-17(14(2)22)24-12-15/h3-5,10,12H,6-9,11H2,1-2H3. The molecule has 0 N–H and O–H groups in total. The van der Waals surface area contributed by atoms with Crippen LogP contribution in [0, 0.1) is 6.92 Å². The van der Waals surface area contributed by atoms with Gasteiger partial charge < -0.3 is 4.90 Å². The van der Waals surface area contributed by atoms with Crippen molar-refractivity contribution in [1.29, 1.82) is 0 Å². The van der Waals surface area contributed by atoms with Gasteiger partial charge in [-0.25, -0.2) is 0 Å². The van der Waals surface area contributed by atoms with E-state index in [2.05, 4.69) is 22.9 Å². The molecule has 0 aromatic carbocycles. The van der Waals surface area contributed by atoms with Crippen LogP contribution < -0.4 is 0 Å². The maximum absolute atomic E-state index is 12.5. The van der Waals surface area contributed by atoms with Crippen LogP contribution in [0.25, 0.3) is 0 Å². The Morgan fingerprint density at radius 3 is 2.62 bits per heavy atom. The lowest BCUT2D eigenvalue weighted by atomic mass is 10.2. The summed E-state index contributed by atoms with van der Waals surface area (Å²) >= 11 is 1.34. The third-order valence-corrected chi connectivity index (χ3v) is 5.38. The number of piperazine rings is 1. The van der Waals surface area contributed by atoms with Crippen molar-refractivity contribution in [3.8, 4) is 0 Å². The van der Waals surface area contributed by atoms with Gasteiger partial charge in [0.1, 0.15) is 0 Å². The molecule has 0 saturated carbocycles. The molecule has 0 atom stereocenters. The molecule has 3 heterocycles. The Hall–Kier alpha value is -2.05. The molecule has 0 bridgehead atoms. The van der Waals surface area contributed by atoms with Crippen molar-refractivity contribution in [1.82, 2.24) is 14.8 Å². The molecule has 0 aliphatic carbocycles. The molecule has 1 saturated heterocycles. The quantitative estimate of drug-likeness (QED) is 0.801. The van der Waals surface area contributed by atoms with Crippen LogP contribution in [0.4, 0.5) is 0 Å². The van der Waals surface area contributed by atoms with Gasteiger partial charge >= 0.3 is 0 Å². The number of nitrogens with zero attached hydrogens (tertiary/aromatic N) is 3. The number of amides is 1. The lowest BCUT2D eigenvalue weighted by Gasteiger charge is -2.34. The van der Waals surface area contributed by atoms with Crippen molar-refractivity contribution >= 4 is 23.0 Å². The molecule has 24 heavy (non-hydrogen) atoms. The number of hydrogen-bond donors (Lipinski definition) is 0. The summed E-state index contributed by atoms with van der Waals surface area (Å²) in [6, 6.07) is 5.73. The SMILES string of the molecule is CC(=O)c1cc(C(=O)N2CCN(Cc3ncccc3C)CC2)cs1. The molecule has 2 aromatic heterocycles. The summed E-state index contributed by atoms with van der Waals surface area (Å²) in [4.78, 5) is 33.2. The summed E-state index contributed by atoms with van der Waals surface area (Å²) in [6.45, 7) is 7.51. The minimum absolute atomic E-state index is 0.00889. The number of carbonyl (C=O) groups excluding carboxylic acids is 2. The average Bonchev–Trinajstić information content (AvgIpc) is 3.07. The van der Waals surface area contributed by atoms with Crippen LogP contribution in [-0.4, -0.2) is 52.7 Å². The molecule has 0 unspecified atom stereocenters. The molecule has 6 heteroatoms. The summed E-state index contributed by atoms with van der Waals surface area (Å²) in [6.07, 6.45) is 1.82. The molecule has 1 aliphatic heterocycles. The minimum Gasteiger partial charge on any atom is -0.336 e. The van der Waals surface area contributed by atoms with Gasteiger partial charge in [0.2, 0.25) is 0 Å². The molecule has 0 spiro atoms. The smallest absolute Gasteiger partial charge is 0.254 e. The highest BCUT2D eigenvalue weighted by molar-refractivity contribution is 7.12. The zero-order valence-electron chi connectivity index (χ0n) is 14.0. The van der Waals surface area contributed by atoms with E-state index in [0.29, 0.717) is 23.5 Å². The lowest BCUT2D eigenvalue weighted by Crippen LogP contribution is -2.48. The van der Waals surface area contributed by atoms with Crippen LogP contribution in [0.5, 0.6) is 0 Å². The van der Waals surface area contributed by atoms with Gasteiger partial charge in [0.15, 0.2) is 5.78 Å². The van der Waals surface area contributed by atoms with Crippen molar-refractivity contribution in [2.75, 3.05) is 26.2 Å². The van der Waals surface area contributed by atoms with Crippen molar-refractivity contribution in [3.05, 3.63) is 51.5 Å². The second-order valence-corrected chi connectivity index (χ2v) is 7.00. The van der Waals surface area contributed by atoms with Crippen molar-refractivity contribution in [2.45, 2.75) is 20.4 Å². The zero-order valence-corrected chi connectivity index (χ0v) is 14.8. The van der Waals surface area contributed by atoms with E-state index in [0.717, 1.165) is 25.3 Å². The first-order chi connectivity index (χ1) is 11.5. The monoisotopic (exact) mass is 343 g/mol. The number of pyridine rings is 1. The van der Waals surface area contributed by atoms with Crippen molar-refractivity contribution in [2.24, 2.45) is 0 Å². The Morgan fingerprint density at radius 2 is 2.00 bits per heavy atom. The highest BCUT2D eigenvalue weighted by Crippen LogP contribution is 2.18. The lowest BCUT2D eigenvalue weighted by molar-refractivity contribution is 0.0627. The van der Waals surface area contributed by atoms with E-state index in [1.807, 2.05) is 17.2 Å². The summed E-state index contributed by atoms with van der Waals surface area (Å²) in [5.74, 6) is 0.0296. The summed E-state index contributed by atoms with van der Waals surface area (Å²) < 4.78 is 0.